The van der Waals surface area contributed by atoms with Crippen LogP contribution in [0.25, 0.3) is 0 Å². The summed E-state index contributed by atoms with van der Waals surface area (Å²) in [5.74, 6) is 0.328. The predicted molar refractivity (Wildman–Crippen MR) is 100 cm³/mol. The average molecular weight is 375 g/mol. The van der Waals surface area contributed by atoms with E-state index in [1.165, 1.54) is 21.8 Å². The van der Waals surface area contributed by atoms with Crippen molar-refractivity contribution in [2.75, 3.05) is 0 Å². The summed E-state index contributed by atoms with van der Waals surface area (Å²) < 4.78 is 4.98. The number of thiophene rings is 1. The number of fused-ring (bicyclic) bond motifs is 1. The lowest BCUT2D eigenvalue weighted by Crippen LogP contribution is -2.41. The zero-order valence-corrected chi connectivity index (χ0v) is 16.7. The van der Waals surface area contributed by atoms with Gasteiger partial charge in [0.05, 0.1) is 10.6 Å². The molecular weight excluding hydrogens is 350 g/mol. The van der Waals surface area contributed by atoms with E-state index >= 15 is 0 Å². The number of hydrazine groups is 1. The Morgan fingerprint density at radius 3 is 2.54 bits per heavy atom. The standard InChI is InChI=1S/C19H25N3O3S/c1-10-16(11(2)25-22-10)18(24)21-20-17(23)15-9-12-8-13(19(3,4)5)6-7-14(12)26-15/h9,13H,6-8H2,1-5H3,(H,20,23)(H,21,24)/t13-/m0/s1. The Balaban J connectivity index is 1.65. The van der Waals surface area contributed by atoms with Crippen molar-refractivity contribution in [3.63, 3.8) is 0 Å². The number of aromatic nitrogens is 1. The molecule has 26 heavy (non-hydrogen) atoms. The zero-order chi connectivity index (χ0) is 19.1. The van der Waals surface area contributed by atoms with Gasteiger partial charge in [0.2, 0.25) is 0 Å². The number of nitrogens with zero attached hydrogens (tertiary/aromatic N) is 1. The van der Waals surface area contributed by atoms with E-state index in [1.807, 2.05) is 6.07 Å². The molecule has 1 aliphatic rings. The summed E-state index contributed by atoms with van der Waals surface area (Å²) >= 11 is 1.52. The molecule has 2 aromatic heterocycles. The third-order valence-corrected chi connectivity index (χ3v) is 6.32. The highest BCUT2D eigenvalue weighted by molar-refractivity contribution is 7.14. The number of nitrogens with one attached hydrogen (secondary N) is 2. The first-order valence-corrected chi connectivity index (χ1v) is 9.63. The fourth-order valence-electron chi connectivity index (χ4n) is 3.42. The van der Waals surface area contributed by atoms with E-state index in [2.05, 4.69) is 36.8 Å². The van der Waals surface area contributed by atoms with Crippen LogP contribution in [0.15, 0.2) is 10.6 Å². The molecule has 6 nitrogen and oxygen atoms in total. The van der Waals surface area contributed by atoms with E-state index in [9.17, 15) is 9.59 Å². The Bertz CT molecular complexity index is 825. The van der Waals surface area contributed by atoms with Gasteiger partial charge in [-0.05, 0) is 56.1 Å². The molecule has 0 saturated carbocycles. The first-order chi connectivity index (χ1) is 12.2. The zero-order valence-electron chi connectivity index (χ0n) is 15.9. The third kappa shape index (κ3) is 3.67. The number of hydrogen-bond acceptors (Lipinski definition) is 5. The van der Waals surface area contributed by atoms with Crippen molar-refractivity contribution in [2.45, 2.75) is 53.9 Å². The van der Waals surface area contributed by atoms with Crippen molar-refractivity contribution >= 4 is 23.2 Å². The Labute approximate surface area is 157 Å². The van der Waals surface area contributed by atoms with Gasteiger partial charge in [-0.15, -0.1) is 11.3 Å². The lowest BCUT2D eigenvalue weighted by atomic mass is 9.72. The van der Waals surface area contributed by atoms with E-state index in [-0.39, 0.29) is 11.3 Å². The fraction of sp³-hybridized carbons (Fsp3) is 0.526. The molecule has 2 aromatic rings. The topological polar surface area (TPSA) is 84.2 Å². The molecule has 0 aliphatic heterocycles. The SMILES string of the molecule is Cc1noc(C)c1C(=O)NNC(=O)c1cc2c(s1)CC[C@H](C(C)(C)C)C2. The summed E-state index contributed by atoms with van der Waals surface area (Å²) in [4.78, 5) is 26.6. The monoisotopic (exact) mass is 375 g/mol. The van der Waals surface area contributed by atoms with Crippen molar-refractivity contribution in [1.82, 2.24) is 16.0 Å². The van der Waals surface area contributed by atoms with Crippen LogP contribution in [-0.4, -0.2) is 17.0 Å². The first-order valence-electron chi connectivity index (χ1n) is 8.82. The number of hydrogen-bond donors (Lipinski definition) is 2. The molecule has 2 amide bonds. The molecule has 0 unspecified atom stereocenters. The molecule has 0 saturated heterocycles. The van der Waals surface area contributed by atoms with Gasteiger partial charge in [0.15, 0.2) is 0 Å². The van der Waals surface area contributed by atoms with Crippen molar-refractivity contribution in [1.29, 1.82) is 0 Å². The highest BCUT2D eigenvalue weighted by Crippen LogP contribution is 2.40. The number of amides is 2. The van der Waals surface area contributed by atoms with Crippen LogP contribution in [0.3, 0.4) is 0 Å². The van der Waals surface area contributed by atoms with Crippen LogP contribution in [0, 0.1) is 25.2 Å². The van der Waals surface area contributed by atoms with Gasteiger partial charge in [0, 0.05) is 4.88 Å². The Morgan fingerprint density at radius 1 is 1.23 bits per heavy atom. The second-order valence-electron chi connectivity index (χ2n) is 7.97. The molecule has 2 N–H and O–H groups in total. The van der Waals surface area contributed by atoms with E-state index in [0.29, 0.717) is 27.8 Å². The van der Waals surface area contributed by atoms with Crippen LogP contribution in [-0.2, 0) is 12.8 Å². The molecule has 0 radical (unpaired) electrons. The highest BCUT2D eigenvalue weighted by atomic mass is 32.1. The highest BCUT2D eigenvalue weighted by Gasteiger charge is 2.30. The summed E-state index contributed by atoms with van der Waals surface area (Å²) in [5, 5.41) is 3.75. The Morgan fingerprint density at radius 2 is 1.92 bits per heavy atom. The lowest BCUT2D eigenvalue weighted by molar-refractivity contribution is 0.0847. The second kappa shape index (κ2) is 6.87. The van der Waals surface area contributed by atoms with Gasteiger partial charge >= 0.3 is 0 Å². The van der Waals surface area contributed by atoms with Crippen molar-refractivity contribution < 1.29 is 14.1 Å². The van der Waals surface area contributed by atoms with Gasteiger partial charge in [-0.2, -0.15) is 0 Å². The van der Waals surface area contributed by atoms with Gasteiger partial charge in [-0.3, -0.25) is 20.4 Å². The van der Waals surface area contributed by atoms with Crippen LogP contribution in [0.4, 0.5) is 0 Å². The van der Waals surface area contributed by atoms with Gasteiger partial charge in [-0.25, -0.2) is 0 Å². The Hall–Kier alpha value is -2.15. The van der Waals surface area contributed by atoms with Gasteiger partial charge < -0.3 is 4.52 Å². The first kappa shape index (κ1) is 18.6. The average Bonchev–Trinajstić information content (AvgIpc) is 3.14. The van der Waals surface area contributed by atoms with Crippen LogP contribution >= 0.6 is 11.3 Å². The molecular formula is C19H25N3O3S. The number of rotatable bonds is 2. The van der Waals surface area contributed by atoms with Crippen molar-refractivity contribution in [3.8, 4) is 0 Å². The largest absolute Gasteiger partial charge is 0.361 e. The van der Waals surface area contributed by atoms with Gasteiger partial charge in [0.25, 0.3) is 11.8 Å². The minimum absolute atomic E-state index is 0.268. The second-order valence-corrected chi connectivity index (χ2v) is 9.11. The molecule has 140 valence electrons. The number of carbonyl (C=O) groups is 2. The molecule has 0 aromatic carbocycles. The van der Waals surface area contributed by atoms with Crippen molar-refractivity contribution in [3.05, 3.63) is 38.4 Å². The molecule has 0 spiro atoms. The molecule has 2 heterocycles. The molecule has 0 fully saturated rings. The smallest absolute Gasteiger partial charge is 0.279 e. The quantitative estimate of drug-likeness (QED) is 0.786. The summed E-state index contributed by atoms with van der Waals surface area (Å²) in [6, 6.07) is 1.97. The third-order valence-electron chi connectivity index (χ3n) is 5.08. The normalized spacial score (nSPS) is 16.9. The minimum Gasteiger partial charge on any atom is -0.361 e. The molecule has 3 rings (SSSR count). The maximum atomic E-state index is 12.4. The van der Waals surface area contributed by atoms with E-state index < -0.39 is 5.91 Å². The molecule has 0 bridgehead atoms. The summed E-state index contributed by atoms with van der Waals surface area (Å²) in [6.45, 7) is 10.2. The maximum Gasteiger partial charge on any atom is 0.279 e. The predicted octanol–water partition coefficient (Wildman–Crippen LogP) is 3.58. The fourth-order valence-corrected chi connectivity index (χ4v) is 4.52. The summed E-state index contributed by atoms with van der Waals surface area (Å²) in [6.07, 6.45) is 3.18. The summed E-state index contributed by atoms with van der Waals surface area (Å²) in [5.41, 5.74) is 7.32. The maximum absolute atomic E-state index is 12.4. The van der Waals surface area contributed by atoms with Gasteiger partial charge in [-0.1, -0.05) is 25.9 Å². The van der Waals surface area contributed by atoms with E-state index in [0.717, 1.165) is 19.3 Å². The van der Waals surface area contributed by atoms with Crippen LogP contribution in [0.5, 0.6) is 0 Å². The van der Waals surface area contributed by atoms with Crippen LogP contribution in [0.2, 0.25) is 0 Å². The minimum atomic E-state index is -0.427. The van der Waals surface area contributed by atoms with E-state index in [4.69, 9.17) is 4.52 Å². The van der Waals surface area contributed by atoms with Crippen molar-refractivity contribution in [2.24, 2.45) is 11.3 Å². The Kier molecular flexibility index (Phi) is 4.92. The van der Waals surface area contributed by atoms with Crippen LogP contribution < -0.4 is 10.9 Å². The molecule has 7 heteroatoms. The molecule has 1 aliphatic carbocycles. The summed E-state index contributed by atoms with van der Waals surface area (Å²) in [7, 11) is 0. The van der Waals surface area contributed by atoms with Gasteiger partial charge in [0.1, 0.15) is 11.3 Å². The van der Waals surface area contributed by atoms with E-state index in [1.54, 1.807) is 13.8 Å². The number of carbonyl (C=O) groups excluding carboxylic acids is 2. The molecule has 1 atom stereocenters. The van der Waals surface area contributed by atoms with Crippen LogP contribution in [0.1, 0.15) is 69.1 Å². The number of aryl methyl sites for hydroxylation is 3. The lowest BCUT2D eigenvalue weighted by Gasteiger charge is -2.33.